The van der Waals surface area contributed by atoms with Crippen LogP contribution in [0.15, 0.2) is 0 Å². The quantitative estimate of drug-likeness (QED) is 0.152. The Morgan fingerprint density at radius 2 is 1.43 bits per heavy atom. The van der Waals surface area contributed by atoms with E-state index in [-0.39, 0.29) is 36.8 Å². The van der Waals surface area contributed by atoms with Crippen molar-refractivity contribution in [3.63, 3.8) is 0 Å². The van der Waals surface area contributed by atoms with E-state index >= 15 is 0 Å². The third-order valence-electron chi connectivity index (χ3n) is 7.79. The SMILES string of the molecule is CC1(O)CCC(CCB(O)O)CC1(N)C(=O)O.CNCC1CCC(CCB(O)O)CC1(N)C(=O)O. The molecular weight excluding hydrogens is 460 g/mol. The average Bonchev–Trinajstić information content (AvgIpc) is 2.75. The number of hydrogen-bond acceptors (Lipinski definition) is 10. The number of carbonyl (C=O) groups is 2. The molecular formula is C21H43B2N3O9. The average molecular weight is 503 g/mol. The molecule has 14 heteroatoms. The van der Waals surface area contributed by atoms with Gasteiger partial charge >= 0.3 is 26.2 Å². The molecule has 0 aliphatic heterocycles. The summed E-state index contributed by atoms with van der Waals surface area (Å²) in [6.07, 6.45) is 4.74. The zero-order valence-corrected chi connectivity index (χ0v) is 20.8. The molecule has 12 nitrogen and oxygen atoms in total. The second-order valence-corrected chi connectivity index (χ2v) is 10.5. The van der Waals surface area contributed by atoms with Crippen molar-refractivity contribution < 1.29 is 45.0 Å². The van der Waals surface area contributed by atoms with Crippen LogP contribution in [-0.4, -0.2) is 91.9 Å². The maximum absolute atomic E-state index is 11.4. The summed E-state index contributed by atoms with van der Waals surface area (Å²) < 4.78 is 0. The maximum atomic E-state index is 11.4. The molecule has 0 amide bonds. The molecule has 0 bridgehead atoms. The van der Waals surface area contributed by atoms with Crippen molar-refractivity contribution in [1.82, 2.24) is 5.32 Å². The zero-order valence-electron chi connectivity index (χ0n) is 20.8. The van der Waals surface area contributed by atoms with Crippen LogP contribution in [0, 0.1) is 17.8 Å². The Balaban J connectivity index is 0.000000351. The molecule has 0 heterocycles. The van der Waals surface area contributed by atoms with Crippen molar-refractivity contribution in [2.45, 2.75) is 87.6 Å². The van der Waals surface area contributed by atoms with Crippen LogP contribution in [0.25, 0.3) is 0 Å². The first kappa shape index (κ1) is 31.8. The van der Waals surface area contributed by atoms with Gasteiger partial charge in [-0.25, -0.2) is 0 Å². The summed E-state index contributed by atoms with van der Waals surface area (Å²) in [5, 5.41) is 66.8. The highest BCUT2D eigenvalue weighted by atomic mass is 16.4. The van der Waals surface area contributed by atoms with Gasteiger partial charge in [-0.3, -0.25) is 9.59 Å². The number of carboxylic acid groups (broad SMARTS) is 2. The highest BCUT2D eigenvalue weighted by Gasteiger charge is 2.54. The van der Waals surface area contributed by atoms with Gasteiger partial charge in [-0.05, 0) is 83.5 Å². The molecule has 0 spiro atoms. The van der Waals surface area contributed by atoms with Gasteiger partial charge in [0.1, 0.15) is 11.1 Å². The third kappa shape index (κ3) is 8.67. The molecule has 0 aromatic rings. The Morgan fingerprint density at radius 3 is 1.86 bits per heavy atom. The van der Waals surface area contributed by atoms with Crippen LogP contribution in [-0.2, 0) is 9.59 Å². The van der Waals surface area contributed by atoms with E-state index in [9.17, 15) is 19.8 Å². The predicted molar refractivity (Wildman–Crippen MR) is 131 cm³/mol. The van der Waals surface area contributed by atoms with Gasteiger partial charge in [0.15, 0.2) is 0 Å². The lowest BCUT2D eigenvalue weighted by Crippen LogP contribution is -2.67. The number of carboxylic acids is 2. The Hall–Kier alpha value is -1.25. The van der Waals surface area contributed by atoms with Gasteiger partial charge in [-0.2, -0.15) is 0 Å². The minimum absolute atomic E-state index is 0.00174. The molecule has 2 saturated carbocycles. The number of nitrogens with two attached hydrogens (primary N) is 2. The van der Waals surface area contributed by atoms with Gasteiger partial charge in [-0.15, -0.1) is 0 Å². The van der Waals surface area contributed by atoms with Gasteiger partial charge in [0.2, 0.25) is 0 Å². The summed E-state index contributed by atoms with van der Waals surface area (Å²) in [6.45, 7) is 2.04. The van der Waals surface area contributed by atoms with Crippen LogP contribution in [0.2, 0.25) is 12.6 Å². The first-order valence-electron chi connectivity index (χ1n) is 12.2. The lowest BCUT2D eigenvalue weighted by Gasteiger charge is -2.45. The molecule has 0 aromatic carbocycles. The fraction of sp³-hybridized carbons (Fsp3) is 0.905. The van der Waals surface area contributed by atoms with Crippen LogP contribution in [0.4, 0.5) is 0 Å². The van der Waals surface area contributed by atoms with Gasteiger partial charge in [0, 0.05) is 5.92 Å². The van der Waals surface area contributed by atoms with E-state index in [0.29, 0.717) is 38.6 Å². The van der Waals surface area contributed by atoms with E-state index in [1.54, 1.807) is 7.05 Å². The molecule has 6 atom stereocenters. The van der Waals surface area contributed by atoms with Crippen molar-refractivity contribution in [1.29, 1.82) is 0 Å². The first-order valence-corrected chi connectivity index (χ1v) is 12.2. The van der Waals surface area contributed by atoms with E-state index in [1.165, 1.54) is 6.92 Å². The molecule has 2 fully saturated rings. The summed E-state index contributed by atoms with van der Waals surface area (Å²) >= 11 is 0. The Morgan fingerprint density at radius 1 is 0.914 bits per heavy atom. The molecule has 2 aliphatic rings. The smallest absolute Gasteiger partial charge is 0.451 e. The van der Waals surface area contributed by atoms with E-state index in [1.807, 2.05) is 0 Å². The van der Waals surface area contributed by atoms with Gasteiger partial charge in [0.25, 0.3) is 0 Å². The standard InChI is InChI=1S/C11H23BN2O4.C10H20BNO5/c1-14-7-9-3-2-8(4-5-12(17)18)6-11(9,13)10(15)16;1-9(15)4-2-7(3-5-11(16)17)6-10(9,12)8(13)14/h8-9,14,17-18H,2-7,13H2,1H3,(H,15,16);7,15-17H,2-6,12H2,1H3,(H,13,14). The Bertz CT molecular complexity index is 699. The van der Waals surface area contributed by atoms with Crippen LogP contribution in [0.1, 0.15) is 58.3 Å². The van der Waals surface area contributed by atoms with E-state index < -0.39 is 42.9 Å². The number of aliphatic hydroxyl groups is 1. The van der Waals surface area contributed by atoms with Crippen LogP contribution in [0.3, 0.4) is 0 Å². The highest BCUT2D eigenvalue weighted by Crippen LogP contribution is 2.41. The zero-order chi connectivity index (χ0) is 27.0. The monoisotopic (exact) mass is 503 g/mol. The highest BCUT2D eigenvalue weighted by molar-refractivity contribution is 6.41. The largest absolute Gasteiger partial charge is 0.480 e. The van der Waals surface area contributed by atoms with Crippen LogP contribution in [0.5, 0.6) is 0 Å². The number of nitrogens with one attached hydrogen (secondary N) is 1. The molecule has 2 rings (SSSR count). The molecule has 6 unspecified atom stereocenters. The fourth-order valence-electron chi connectivity index (χ4n) is 5.30. The molecule has 35 heavy (non-hydrogen) atoms. The first-order chi connectivity index (χ1) is 16.1. The van der Waals surface area contributed by atoms with Crippen molar-refractivity contribution in [3.8, 4) is 0 Å². The minimum atomic E-state index is -1.66. The number of aliphatic carboxylic acids is 2. The lowest BCUT2D eigenvalue weighted by atomic mass is 9.64. The topological polar surface area (TPSA) is 240 Å². The molecule has 202 valence electrons. The molecule has 0 radical (unpaired) electrons. The van der Waals surface area contributed by atoms with Gasteiger partial charge in [-0.1, -0.05) is 12.8 Å². The van der Waals surface area contributed by atoms with Crippen LogP contribution < -0.4 is 16.8 Å². The summed E-state index contributed by atoms with van der Waals surface area (Å²) in [6, 6.07) is 0. The maximum Gasteiger partial charge on any atom is 0.451 e. The van der Waals surface area contributed by atoms with Crippen molar-refractivity contribution in [3.05, 3.63) is 0 Å². The summed E-state index contributed by atoms with van der Waals surface area (Å²) in [4.78, 5) is 22.6. The van der Waals surface area contributed by atoms with E-state index in [4.69, 9.17) is 36.7 Å². The van der Waals surface area contributed by atoms with Crippen molar-refractivity contribution in [2.24, 2.45) is 29.2 Å². The predicted octanol–water partition coefficient (Wildman–Crippen LogP) is -1.55. The Kier molecular flexibility index (Phi) is 12.1. The second-order valence-electron chi connectivity index (χ2n) is 10.5. The summed E-state index contributed by atoms with van der Waals surface area (Å²) in [5.74, 6) is -2.09. The Labute approximate surface area is 207 Å². The summed E-state index contributed by atoms with van der Waals surface area (Å²) in [7, 11) is -0.914. The molecule has 12 N–H and O–H groups in total. The number of rotatable bonds is 10. The molecule has 0 aromatic heterocycles. The van der Waals surface area contributed by atoms with Crippen molar-refractivity contribution >= 4 is 26.2 Å². The normalized spacial score (nSPS) is 34.9. The van der Waals surface area contributed by atoms with E-state index in [2.05, 4.69) is 5.32 Å². The lowest BCUT2D eigenvalue weighted by molar-refractivity contribution is -0.160. The summed E-state index contributed by atoms with van der Waals surface area (Å²) in [5.41, 5.74) is 7.58. The van der Waals surface area contributed by atoms with E-state index in [0.717, 1.165) is 12.8 Å². The van der Waals surface area contributed by atoms with Crippen LogP contribution >= 0.6 is 0 Å². The third-order valence-corrected chi connectivity index (χ3v) is 7.79. The molecule has 0 saturated heterocycles. The van der Waals surface area contributed by atoms with Gasteiger partial charge in [0.05, 0.1) is 5.60 Å². The second kappa shape index (κ2) is 13.3. The fourth-order valence-corrected chi connectivity index (χ4v) is 5.30. The molecule has 2 aliphatic carbocycles. The van der Waals surface area contributed by atoms with Gasteiger partial charge < -0.3 is 52.2 Å². The van der Waals surface area contributed by atoms with Crippen molar-refractivity contribution in [2.75, 3.05) is 13.6 Å². The number of hydrogen-bond donors (Lipinski definition) is 10. The minimum Gasteiger partial charge on any atom is -0.480 e.